The molecule has 1 aliphatic rings. The minimum absolute atomic E-state index is 0.0116. The van der Waals surface area contributed by atoms with Gasteiger partial charge in [0.2, 0.25) is 0 Å². The first kappa shape index (κ1) is 6.37. The molecule has 2 unspecified atom stereocenters. The SMILES string of the molecule is CCCC1(C)OC1Cl. The van der Waals surface area contributed by atoms with Crippen molar-refractivity contribution in [2.75, 3.05) is 0 Å². The average Bonchev–Trinajstić information content (AvgIpc) is 2.16. The fourth-order valence-electron chi connectivity index (χ4n) is 0.871. The van der Waals surface area contributed by atoms with Gasteiger partial charge in [0.15, 0.2) is 5.56 Å². The van der Waals surface area contributed by atoms with Gasteiger partial charge in [0, 0.05) is 0 Å². The van der Waals surface area contributed by atoms with Crippen LogP contribution >= 0.6 is 11.6 Å². The molecule has 1 fully saturated rings. The van der Waals surface area contributed by atoms with E-state index in [1.54, 1.807) is 0 Å². The van der Waals surface area contributed by atoms with E-state index in [2.05, 4.69) is 6.92 Å². The van der Waals surface area contributed by atoms with Crippen molar-refractivity contribution in [3.63, 3.8) is 0 Å². The van der Waals surface area contributed by atoms with Crippen molar-refractivity contribution < 1.29 is 4.74 Å². The molecule has 1 nitrogen and oxygen atoms in total. The smallest absolute Gasteiger partial charge is 0.160 e. The van der Waals surface area contributed by atoms with E-state index in [0.717, 1.165) is 12.8 Å². The quantitative estimate of drug-likeness (QED) is 0.417. The molecular formula is C6H11ClO. The number of hydrogen-bond donors (Lipinski definition) is 0. The number of ether oxygens (including phenoxy) is 1. The number of epoxide rings is 1. The molecular weight excluding hydrogens is 124 g/mol. The van der Waals surface area contributed by atoms with Crippen LogP contribution in [0.3, 0.4) is 0 Å². The summed E-state index contributed by atoms with van der Waals surface area (Å²) in [5.74, 6) is 0. The lowest BCUT2D eigenvalue weighted by molar-refractivity contribution is 0.304. The number of halogens is 1. The molecule has 2 heteroatoms. The average molecular weight is 135 g/mol. The fraction of sp³-hybridized carbons (Fsp3) is 1.00. The summed E-state index contributed by atoms with van der Waals surface area (Å²) >= 11 is 5.65. The van der Waals surface area contributed by atoms with Gasteiger partial charge in [0.25, 0.3) is 0 Å². The van der Waals surface area contributed by atoms with Gasteiger partial charge >= 0.3 is 0 Å². The van der Waals surface area contributed by atoms with E-state index in [0.29, 0.717) is 0 Å². The van der Waals surface area contributed by atoms with E-state index >= 15 is 0 Å². The second-order valence-corrected chi connectivity index (χ2v) is 2.89. The van der Waals surface area contributed by atoms with Gasteiger partial charge in [-0.1, -0.05) is 24.9 Å². The zero-order valence-corrected chi connectivity index (χ0v) is 6.03. The van der Waals surface area contributed by atoms with Gasteiger partial charge in [-0.25, -0.2) is 0 Å². The minimum Gasteiger partial charge on any atom is -0.349 e. The van der Waals surface area contributed by atoms with Crippen LogP contribution in [0, 0.1) is 0 Å². The summed E-state index contributed by atoms with van der Waals surface area (Å²) in [5, 5.41) is 0. The molecule has 2 atom stereocenters. The van der Waals surface area contributed by atoms with Crippen LogP contribution < -0.4 is 0 Å². The number of hydrogen-bond acceptors (Lipinski definition) is 1. The summed E-state index contributed by atoms with van der Waals surface area (Å²) < 4.78 is 5.11. The predicted octanol–water partition coefficient (Wildman–Crippen LogP) is 2.14. The Balaban J connectivity index is 2.25. The van der Waals surface area contributed by atoms with Crippen LogP contribution in [0.15, 0.2) is 0 Å². The predicted molar refractivity (Wildman–Crippen MR) is 34.0 cm³/mol. The summed E-state index contributed by atoms with van der Waals surface area (Å²) in [6.45, 7) is 4.19. The Morgan fingerprint density at radius 1 is 1.75 bits per heavy atom. The van der Waals surface area contributed by atoms with Crippen LogP contribution in [0.1, 0.15) is 26.7 Å². The largest absolute Gasteiger partial charge is 0.349 e. The fourth-order valence-corrected chi connectivity index (χ4v) is 1.18. The molecule has 48 valence electrons. The van der Waals surface area contributed by atoms with Crippen LogP contribution in [0.5, 0.6) is 0 Å². The lowest BCUT2D eigenvalue weighted by Crippen LogP contribution is -2.04. The molecule has 0 aromatic heterocycles. The molecule has 0 aromatic carbocycles. The lowest BCUT2D eigenvalue weighted by Gasteiger charge is -1.98. The summed E-state index contributed by atoms with van der Waals surface area (Å²) in [5.41, 5.74) is 0.0125. The van der Waals surface area contributed by atoms with Gasteiger partial charge in [-0.3, -0.25) is 0 Å². The van der Waals surface area contributed by atoms with Crippen molar-refractivity contribution in [3.8, 4) is 0 Å². The second-order valence-electron chi connectivity index (χ2n) is 2.50. The Labute approximate surface area is 55.0 Å². The third-order valence-corrected chi connectivity index (χ3v) is 2.09. The topological polar surface area (TPSA) is 12.5 Å². The summed E-state index contributed by atoms with van der Waals surface area (Å²) in [6.07, 6.45) is 2.24. The molecule has 1 heterocycles. The molecule has 8 heavy (non-hydrogen) atoms. The van der Waals surface area contributed by atoms with Crippen LogP contribution in [0.25, 0.3) is 0 Å². The maximum atomic E-state index is 5.65. The summed E-state index contributed by atoms with van der Waals surface area (Å²) in [4.78, 5) is 0. The molecule has 1 rings (SSSR count). The van der Waals surface area contributed by atoms with Crippen LogP contribution in [-0.4, -0.2) is 11.2 Å². The maximum Gasteiger partial charge on any atom is 0.160 e. The van der Waals surface area contributed by atoms with Crippen LogP contribution in [-0.2, 0) is 4.74 Å². The maximum absolute atomic E-state index is 5.65. The van der Waals surface area contributed by atoms with Crippen molar-refractivity contribution in [1.82, 2.24) is 0 Å². The highest BCUT2D eigenvalue weighted by molar-refractivity contribution is 6.22. The second kappa shape index (κ2) is 1.89. The van der Waals surface area contributed by atoms with Crippen molar-refractivity contribution in [3.05, 3.63) is 0 Å². The molecule has 1 aliphatic heterocycles. The lowest BCUT2D eigenvalue weighted by atomic mass is 10.1. The molecule has 0 bridgehead atoms. The van der Waals surface area contributed by atoms with Gasteiger partial charge < -0.3 is 4.74 Å². The van der Waals surface area contributed by atoms with Crippen molar-refractivity contribution in [1.29, 1.82) is 0 Å². The van der Waals surface area contributed by atoms with E-state index in [4.69, 9.17) is 16.3 Å². The van der Waals surface area contributed by atoms with Gasteiger partial charge in [-0.15, -0.1) is 0 Å². The van der Waals surface area contributed by atoms with E-state index in [-0.39, 0.29) is 11.2 Å². The summed E-state index contributed by atoms with van der Waals surface area (Å²) in [6, 6.07) is 0. The first-order chi connectivity index (χ1) is 3.69. The van der Waals surface area contributed by atoms with E-state index in [9.17, 15) is 0 Å². The van der Waals surface area contributed by atoms with Gasteiger partial charge in [-0.2, -0.15) is 0 Å². The van der Waals surface area contributed by atoms with Crippen molar-refractivity contribution in [2.24, 2.45) is 0 Å². The van der Waals surface area contributed by atoms with Gasteiger partial charge in [0.1, 0.15) is 5.60 Å². The Kier molecular flexibility index (Phi) is 1.50. The number of alkyl halides is 1. The summed E-state index contributed by atoms with van der Waals surface area (Å²) in [7, 11) is 0. The van der Waals surface area contributed by atoms with Crippen molar-refractivity contribution in [2.45, 2.75) is 37.9 Å². The van der Waals surface area contributed by atoms with Crippen LogP contribution in [0.4, 0.5) is 0 Å². The Morgan fingerprint density at radius 2 is 2.25 bits per heavy atom. The zero-order valence-electron chi connectivity index (χ0n) is 5.28. The normalized spacial score (nSPS) is 44.6. The molecule has 0 N–H and O–H groups in total. The first-order valence-electron chi connectivity index (χ1n) is 3.01. The number of rotatable bonds is 2. The molecule has 0 saturated carbocycles. The highest BCUT2D eigenvalue weighted by Crippen LogP contribution is 2.42. The van der Waals surface area contributed by atoms with E-state index in [1.807, 2.05) is 6.92 Å². The Hall–Kier alpha value is 0.250. The highest BCUT2D eigenvalue weighted by Gasteiger charge is 2.49. The molecule has 0 aliphatic carbocycles. The van der Waals surface area contributed by atoms with Gasteiger partial charge in [-0.05, 0) is 13.3 Å². The highest BCUT2D eigenvalue weighted by atomic mass is 35.5. The first-order valence-corrected chi connectivity index (χ1v) is 3.44. The molecule has 0 spiro atoms. The molecule has 0 amide bonds. The Bertz CT molecular complexity index is 94.5. The van der Waals surface area contributed by atoms with Gasteiger partial charge in [0.05, 0.1) is 0 Å². The zero-order chi connectivity index (χ0) is 6.20. The third kappa shape index (κ3) is 0.981. The standard InChI is InChI=1S/C6H11ClO/c1-3-4-6(2)5(7)8-6/h5H,3-4H2,1-2H3. The molecule has 0 radical (unpaired) electrons. The molecule has 0 aromatic rings. The van der Waals surface area contributed by atoms with E-state index < -0.39 is 0 Å². The van der Waals surface area contributed by atoms with Crippen LogP contribution in [0.2, 0.25) is 0 Å². The Morgan fingerprint density at radius 3 is 2.38 bits per heavy atom. The third-order valence-electron chi connectivity index (χ3n) is 1.54. The van der Waals surface area contributed by atoms with Crippen molar-refractivity contribution >= 4 is 11.6 Å². The monoisotopic (exact) mass is 134 g/mol. The minimum atomic E-state index is -0.0116. The van der Waals surface area contributed by atoms with E-state index in [1.165, 1.54) is 0 Å². The molecule has 1 saturated heterocycles.